The number of likely N-dealkylation sites (tertiary alicyclic amines) is 1. The van der Waals surface area contributed by atoms with Gasteiger partial charge in [-0.2, -0.15) is 0 Å². The molecule has 19 heavy (non-hydrogen) atoms. The fraction of sp³-hybridized carbons (Fsp3) is 0.467. The Morgan fingerprint density at radius 1 is 0.842 bits per heavy atom. The summed E-state index contributed by atoms with van der Waals surface area (Å²) < 4.78 is 0. The van der Waals surface area contributed by atoms with Crippen molar-refractivity contribution in [1.29, 1.82) is 0 Å². The molecule has 0 unspecified atom stereocenters. The predicted octanol–water partition coefficient (Wildman–Crippen LogP) is 2.79. The summed E-state index contributed by atoms with van der Waals surface area (Å²) in [6.45, 7) is 1.61. The first-order valence-electron chi connectivity index (χ1n) is 6.81. The highest BCUT2D eigenvalue weighted by molar-refractivity contribution is 5.95. The molecule has 1 aliphatic heterocycles. The molecule has 1 heterocycles. The van der Waals surface area contributed by atoms with Crippen LogP contribution in [0.2, 0.25) is 0 Å². The molecule has 1 aromatic rings. The van der Waals surface area contributed by atoms with Gasteiger partial charge in [-0.1, -0.05) is 19.3 Å². The van der Waals surface area contributed by atoms with Crippen molar-refractivity contribution in [2.24, 2.45) is 0 Å². The zero-order valence-electron chi connectivity index (χ0n) is 11.0. The summed E-state index contributed by atoms with van der Waals surface area (Å²) in [5, 5.41) is 8.84. The van der Waals surface area contributed by atoms with Gasteiger partial charge in [-0.15, -0.1) is 0 Å². The van der Waals surface area contributed by atoms with Gasteiger partial charge in [-0.3, -0.25) is 4.79 Å². The van der Waals surface area contributed by atoms with Crippen LogP contribution < -0.4 is 0 Å². The molecule has 0 aliphatic carbocycles. The van der Waals surface area contributed by atoms with Gasteiger partial charge in [0, 0.05) is 18.7 Å². The largest absolute Gasteiger partial charge is 0.478 e. The van der Waals surface area contributed by atoms with Gasteiger partial charge in [-0.05, 0) is 37.1 Å². The molecule has 1 saturated heterocycles. The molecule has 0 radical (unpaired) electrons. The lowest BCUT2D eigenvalue weighted by molar-refractivity contribution is 0.0693. The molecule has 1 fully saturated rings. The molecule has 0 saturated carbocycles. The van der Waals surface area contributed by atoms with Crippen LogP contribution in [0.4, 0.5) is 0 Å². The van der Waals surface area contributed by atoms with Crippen LogP contribution in [0.1, 0.15) is 52.8 Å². The van der Waals surface area contributed by atoms with Gasteiger partial charge in [0.15, 0.2) is 0 Å². The van der Waals surface area contributed by atoms with Crippen LogP contribution in [-0.2, 0) is 0 Å². The Kier molecular flexibility index (Phi) is 4.55. The Hall–Kier alpha value is -1.84. The molecule has 1 amide bonds. The number of aromatic carboxylic acids is 1. The van der Waals surface area contributed by atoms with Crippen molar-refractivity contribution in [2.45, 2.75) is 32.1 Å². The summed E-state index contributed by atoms with van der Waals surface area (Å²) in [6.07, 6.45) is 5.73. The van der Waals surface area contributed by atoms with Gasteiger partial charge in [0.1, 0.15) is 0 Å². The van der Waals surface area contributed by atoms with E-state index in [-0.39, 0.29) is 11.5 Å². The van der Waals surface area contributed by atoms with Gasteiger partial charge in [-0.25, -0.2) is 4.79 Å². The van der Waals surface area contributed by atoms with E-state index in [0.717, 1.165) is 25.9 Å². The highest BCUT2D eigenvalue weighted by Crippen LogP contribution is 2.14. The van der Waals surface area contributed by atoms with E-state index < -0.39 is 5.97 Å². The van der Waals surface area contributed by atoms with Crippen LogP contribution in [-0.4, -0.2) is 35.0 Å². The van der Waals surface area contributed by atoms with Gasteiger partial charge < -0.3 is 10.0 Å². The molecule has 2 rings (SSSR count). The molecule has 4 heteroatoms. The lowest BCUT2D eigenvalue weighted by Crippen LogP contribution is -2.33. The highest BCUT2D eigenvalue weighted by Gasteiger charge is 2.16. The molecule has 4 nitrogen and oxygen atoms in total. The molecule has 0 aromatic heterocycles. The van der Waals surface area contributed by atoms with E-state index >= 15 is 0 Å². The first-order valence-corrected chi connectivity index (χ1v) is 6.81. The summed E-state index contributed by atoms with van der Waals surface area (Å²) in [7, 11) is 0. The minimum atomic E-state index is -0.967. The summed E-state index contributed by atoms with van der Waals surface area (Å²) >= 11 is 0. The zero-order valence-corrected chi connectivity index (χ0v) is 11.0. The summed E-state index contributed by atoms with van der Waals surface area (Å²) in [4.78, 5) is 25.0. The Morgan fingerprint density at radius 3 is 1.84 bits per heavy atom. The molecule has 0 bridgehead atoms. The van der Waals surface area contributed by atoms with Crippen LogP contribution in [0.25, 0.3) is 0 Å². The third kappa shape index (κ3) is 3.56. The minimum Gasteiger partial charge on any atom is -0.478 e. The van der Waals surface area contributed by atoms with E-state index in [1.807, 2.05) is 4.90 Å². The molecule has 102 valence electrons. The second-order valence-electron chi connectivity index (χ2n) is 4.94. The molecule has 0 atom stereocenters. The molecule has 1 N–H and O–H groups in total. The Morgan fingerprint density at radius 2 is 1.32 bits per heavy atom. The smallest absolute Gasteiger partial charge is 0.335 e. The first kappa shape index (κ1) is 13.6. The standard InChI is InChI=1S/C15H19NO3/c17-14(16-10-4-2-1-3-5-11-16)12-6-8-13(9-7-12)15(18)19/h6-9H,1-5,10-11H2,(H,18,19). The molecule has 0 spiro atoms. The zero-order chi connectivity index (χ0) is 13.7. The van der Waals surface area contributed by atoms with E-state index in [9.17, 15) is 9.59 Å². The monoisotopic (exact) mass is 261 g/mol. The topological polar surface area (TPSA) is 57.6 Å². The van der Waals surface area contributed by atoms with Gasteiger partial charge in [0.05, 0.1) is 5.56 Å². The molecule has 1 aromatic carbocycles. The highest BCUT2D eigenvalue weighted by atomic mass is 16.4. The van der Waals surface area contributed by atoms with Gasteiger partial charge in [0.2, 0.25) is 0 Å². The summed E-state index contributed by atoms with van der Waals surface area (Å²) in [6, 6.07) is 6.17. The number of carboxylic acid groups (broad SMARTS) is 1. The number of benzene rings is 1. The maximum absolute atomic E-state index is 12.3. The van der Waals surface area contributed by atoms with Crippen molar-refractivity contribution in [3.8, 4) is 0 Å². The number of hydrogen-bond acceptors (Lipinski definition) is 2. The van der Waals surface area contributed by atoms with E-state index in [1.54, 1.807) is 12.1 Å². The SMILES string of the molecule is O=C(O)c1ccc(C(=O)N2CCCCCCC2)cc1. The van der Waals surface area contributed by atoms with Crippen LogP contribution >= 0.6 is 0 Å². The number of carboxylic acids is 1. The van der Waals surface area contributed by atoms with E-state index in [4.69, 9.17) is 5.11 Å². The fourth-order valence-corrected chi connectivity index (χ4v) is 2.39. The normalized spacial score (nSPS) is 16.5. The average molecular weight is 261 g/mol. The average Bonchev–Trinajstić information content (AvgIpc) is 2.38. The number of nitrogens with zero attached hydrogens (tertiary/aromatic N) is 1. The number of amides is 1. The third-order valence-electron chi connectivity index (χ3n) is 3.52. The van der Waals surface area contributed by atoms with Gasteiger partial charge in [0.25, 0.3) is 5.91 Å². The fourth-order valence-electron chi connectivity index (χ4n) is 2.39. The maximum atomic E-state index is 12.3. The van der Waals surface area contributed by atoms with Crippen molar-refractivity contribution < 1.29 is 14.7 Å². The summed E-state index contributed by atoms with van der Waals surface area (Å²) in [5.41, 5.74) is 0.787. The van der Waals surface area contributed by atoms with Crippen molar-refractivity contribution in [2.75, 3.05) is 13.1 Å². The van der Waals surface area contributed by atoms with Crippen molar-refractivity contribution in [1.82, 2.24) is 4.90 Å². The second kappa shape index (κ2) is 6.36. The van der Waals surface area contributed by atoms with E-state index in [0.29, 0.717) is 5.56 Å². The minimum absolute atomic E-state index is 0.0128. The van der Waals surface area contributed by atoms with Gasteiger partial charge >= 0.3 is 5.97 Å². The predicted molar refractivity (Wildman–Crippen MR) is 72.4 cm³/mol. The van der Waals surface area contributed by atoms with Crippen LogP contribution in [0.15, 0.2) is 24.3 Å². The van der Waals surface area contributed by atoms with E-state index in [1.165, 1.54) is 31.4 Å². The Bertz CT molecular complexity index is 445. The van der Waals surface area contributed by atoms with Crippen molar-refractivity contribution in [3.05, 3.63) is 35.4 Å². The summed E-state index contributed by atoms with van der Waals surface area (Å²) in [5.74, 6) is -0.955. The number of hydrogen-bond donors (Lipinski definition) is 1. The number of rotatable bonds is 2. The second-order valence-corrected chi connectivity index (χ2v) is 4.94. The Labute approximate surface area is 113 Å². The molecular formula is C15H19NO3. The number of carbonyl (C=O) groups excluding carboxylic acids is 1. The van der Waals surface area contributed by atoms with Crippen LogP contribution in [0, 0.1) is 0 Å². The van der Waals surface area contributed by atoms with Crippen molar-refractivity contribution >= 4 is 11.9 Å². The quantitative estimate of drug-likeness (QED) is 0.890. The van der Waals surface area contributed by atoms with Crippen LogP contribution in [0.5, 0.6) is 0 Å². The molecular weight excluding hydrogens is 242 g/mol. The lowest BCUT2D eigenvalue weighted by atomic mass is 10.1. The first-order chi connectivity index (χ1) is 9.18. The van der Waals surface area contributed by atoms with E-state index in [2.05, 4.69) is 0 Å². The number of carbonyl (C=O) groups is 2. The van der Waals surface area contributed by atoms with Crippen LogP contribution in [0.3, 0.4) is 0 Å². The lowest BCUT2D eigenvalue weighted by Gasteiger charge is -2.24. The maximum Gasteiger partial charge on any atom is 0.335 e. The molecule has 1 aliphatic rings. The van der Waals surface area contributed by atoms with Crippen molar-refractivity contribution in [3.63, 3.8) is 0 Å². The Balaban J connectivity index is 2.06. The third-order valence-corrected chi connectivity index (χ3v) is 3.52.